The lowest BCUT2D eigenvalue weighted by Crippen LogP contribution is -2.35. The van der Waals surface area contributed by atoms with Crippen LogP contribution in [0.15, 0.2) is 43.5 Å². The van der Waals surface area contributed by atoms with E-state index in [1.807, 2.05) is 11.6 Å². The molecule has 5 heteroatoms. The van der Waals surface area contributed by atoms with Crippen LogP contribution in [0.25, 0.3) is 0 Å². The third kappa shape index (κ3) is 4.91. The first-order valence-corrected chi connectivity index (χ1v) is 8.54. The second-order valence-corrected chi connectivity index (χ2v) is 8.35. The first-order valence-electron chi connectivity index (χ1n) is 6.05. The van der Waals surface area contributed by atoms with Gasteiger partial charge in [-0.25, -0.2) is 4.98 Å². The van der Waals surface area contributed by atoms with Crippen LogP contribution in [-0.4, -0.2) is 10.5 Å². The molecule has 0 spiro atoms. The molecule has 1 N–H and O–H groups in total. The molecular formula is C14H17BrN2S2. The van der Waals surface area contributed by atoms with Crippen LogP contribution in [0.4, 0.5) is 0 Å². The average Bonchev–Trinajstić information content (AvgIpc) is 2.81. The summed E-state index contributed by atoms with van der Waals surface area (Å²) < 4.78 is 2.20. The Morgan fingerprint density at radius 3 is 2.79 bits per heavy atom. The lowest BCUT2D eigenvalue weighted by molar-refractivity contribution is 0.422. The molecule has 1 aromatic carbocycles. The minimum Gasteiger partial charge on any atom is -0.308 e. The Labute approximate surface area is 131 Å². The Balaban J connectivity index is 2.18. The van der Waals surface area contributed by atoms with Crippen LogP contribution < -0.4 is 5.32 Å². The molecule has 0 bridgehead atoms. The average molecular weight is 357 g/mol. The maximum atomic E-state index is 4.33. The van der Waals surface area contributed by atoms with Crippen molar-refractivity contribution in [1.29, 1.82) is 0 Å². The molecule has 2 nitrogen and oxygen atoms in total. The molecule has 102 valence electrons. The van der Waals surface area contributed by atoms with Gasteiger partial charge in [0.15, 0.2) is 4.34 Å². The molecule has 2 aromatic rings. The molecule has 0 fully saturated rings. The third-order valence-electron chi connectivity index (χ3n) is 2.44. The van der Waals surface area contributed by atoms with Crippen molar-refractivity contribution >= 4 is 39.0 Å². The van der Waals surface area contributed by atoms with Gasteiger partial charge in [0.2, 0.25) is 0 Å². The van der Waals surface area contributed by atoms with Crippen LogP contribution in [0.1, 0.15) is 26.3 Å². The Morgan fingerprint density at radius 2 is 2.16 bits per heavy atom. The minimum atomic E-state index is 0.117. The molecule has 0 saturated heterocycles. The van der Waals surface area contributed by atoms with Gasteiger partial charge in [-0.2, -0.15) is 0 Å². The summed E-state index contributed by atoms with van der Waals surface area (Å²) >= 11 is 6.95. The summed E-state index contributed by atoms with van der Waals surface area (Å²) in [5.41, 5.74) is 1.41. The first kappa shape index (κ1) is 15.0. The number of aromatic nitrogens is 1. The molecule has 0 atom stereocenters. The van der Waals surface area contributed by atoms with Crippen molar-refractivity contribution in [2.45, 2.75) is 42.1 Å². The molecule has 1 heterocycles. The fourth-order valence-electron chi connectivity index (χ4n) is 1.50. The summed E-state index contributed by atoms with van der Waals surface area (Å²) in [7, 11) is 0. The van der Waals surface area contributed by atoms with Crippen molar-refractivity contribution in [3.8, 4) is 0 Å². The van der Waals surface area contributed by atoms with Crippen LogP contribution in [0.3, 0.4) is 0 Å². The van der Waals surface area contributed by atoms with E-state index in [-0.39, 0.29) is 5.54 Å². The Morgan fingerprint density at radius 1 is 1.37 bits per heavy atom. The standard InChI is InChI=1S/C14H17BrN2S2/c1-14(2,3)17-9-10-8-11(15)4-5-12(10)19-13-16-6-7-18-13/h4-8,17H,9H2,1-3H3. The van der Waals surface area contributed by atoms with E-state index < -0.39 is 0 Å². The SMILES string of the molecule is CC(C)(C)NCc1cc(Br)ccc1Sc1nccs1. The number of thiazole rings is 1. The number of hydrogen-bond acceptors (Lipinski definition) is 4. The summed E-state index contributed by atoms with van der Waals surface area (Å²) in [5.74, 6) is 0. The quantitative estimate of drug-likeness (QED) is 0.839. The number of rotatable bonds is 4. The van der Waals surface area contributed by atoms with E-state index in [0.29, 0.717) is 0 Å². The van der Waals surface area contributed by atoms with Gasteiger partial charge < -0.3 is 5.32 Å². The van der Waals surface area contributed by atoms with Crippen molar-refractivity contribution in [2.24, 2.45) is 0 Å². The highest BCUT2D eigenvalue weighted by molar-refractivity contribution is 9.10. The Hall–Kier alpha value is -0.360. The van der Waals surface area contributed by atoms with Crippen LogP contribution in [0.2, 0.25) is 0 Å². The van der Waals surface area contributed by atoms with E-state index >= 15 is 0 Å². The molecule has 0 aliphatic carbocycles. The normalized spacial score (nSPS) is 11.8. The van der Waals surface area contributed by atoms with Crippen molar-refractivity contribution in [3.05, 3.63) is 39.8 Å². The van der Waals surface area contributed by atoms with Crippen LogP contribution in [0, 0.1) is 0 Å². The van der Waals surface area contributed by atoms with Gasteiger partial charge in [-0.3, -0.25) is 0 Å². The van der Waals surface area contributed by atoms with Gasteiger partial charge in [0.1, 0.15) is 0 Å². The van der Waals surface area contributed by atoms with Crippen LogP contribution in [-0.2, 0) is 6.54 Å². The second-order valence-electron chi connectivity index (χ2n) is 5.26. The van der Waals surface area contributed by atoms with Crippen molar-refractivity contribution in [2.75, 3.05) is 0 Å². The monoisotopic (exact) mass is 356 g/mol. The van der Waals surface area contributed by atoms with Gasteiger partial charge in [-0.05, 0) is 44.5 Å². The molecular weight excluding hydrogens is 340 g/mol. The van der Waals surface area contributed by atoms with Gasteiger partial charge in [0.25, 0.3) is 0 Å². The summed E-state index contributed by atoms with van der Waals surface area (Å²) in [5, 5.41) is 5.54. The smallest absolute Gasteiger partial charge is 0.154 e. The predicted molar refractivity (Wildman–Crippen MR) is 87.0 cm³/mol. The molecule has 19 heavy (non-hydrogen) atoms. The van der Waals surface area contributed by atoms with Gasteiger partial charge in [0, 0.05) is 33.0 Å². The van der Waals surface area contributed by atoms with Gasteiger partial charge in [-0.1, -0.05) is 27.7 Å². The van der Waals surface area contributed by atoms with Crippen molar-refractivity contribution in [3.63, 3.8) is 0 Å². The molecule has 0 amide bonds. The summed E-state index contributed by atoms with van der Waals surface area (Å²) in [6, 6.07) is 6.40. The molecule has 2 rings (SSSR count). The molecule has 0 saturated carbocycles. The lowest BCUT2D eigenvalue weighted by atomic mass is 10.1. The summed E-state index contributed by atoms with van der Waals surface area (Å²) in [6.45, 7) is 7.40. The zero-order valence-electron chi connectivity index (χ0n) is 11.2. The summed E-state index contributed by atoms with van der Waals surface area (Å²) in [6.07, 6.45) is 1.85. The third-order valence-corrected chi connectivity index (χ3v) is 4.93. The van der Waals surface area contributed by atoms with E-state index in [4.69, 9.17) is 0 Å². The highest BCUT2D eigenvalue weighted by atomic mass is 79.9. The molecule has 0 unspecified atom stereocenters. The zero-order valence-corrected chi connectivity index (χ0v) is 14.5. The minimum absolute atomic E-state index is 0.117. The fourth-order valence-corrected chi connectivity index (χ4v) is 3.60. The topological polar surface area (TPSA) is 24.9 Å². The second kappa shape index (κ2) is 6.39. The van der Waals surface area contributed by atoms with E-state index in [0.717, 1.165) is 15.4 Å². The molecule has 0 radical (unpaired) electrons. The zero-order chi connectivity index (χ0) is 13.9. The van der Waals surface area contributed by atoms with Crippen LogP contribution >= 0.6 is 39.0 Å². The molecule has 0 aliphatic rings. The number of benzene rings is 1. The first-order chi connectivity index (χ1) is 8.94. The highest BCUT2D eigenvalue weighted by Crippen LogP contribution is 2.33. The highest BCUT2D eigenvalue weighted by Gasteiger charge is 2.12. The van der Waals surface area contributed by atoms with Crippen LogP contribution in [0.5, 0.6) is 0 Å². The van der Waals surface area contributed by atoms with Crippen molar-refractivity contribution < 1.29 is 0 Å². The fraction of sp³-hybridized carbons (Fsp3) is 0.357. The lowest BCUT2D eigenvalue weighted by Gasteiger charge is -2.21. The van der Waals surface area contributed by atoms with E-state index in [2.05, 4.69) is 65.2 Å². The van der Waals surface area contributed by atoms with Gasteiger partial charge in [0.05, 0.1) is 0 Å². The number of hydrogen-bond donors (Lipinski definition) is 1. The molecule has 1 aromatic heterocycles. The Bertz CT molecular complexity index is 533. The predicted octanol–water partition coefficient (Wildman–Crippen LogP) is 4.94. The number of nitrogens with one attached hydrogen (secondary N) is 1. The van der Waals surface area contributed by atoms with Gasteiger partial charge >= 0.3 is 0 Å². The van der Waals surface area contributed by atoms with Gasteiger partial charge in [-0.15, -0.1) is 11.3 Å². The Kier molecular flexibility index (Phi) is 5.06. The van der Waals surface area contributed by atoms with E-state index in [1.165, 1.54) is 10.5 Å². The maximum Gasteiger partial charge on any atom is 0.154 e. The van der Waals surface area contributed by atoms with E-state index in [1.54, 1.807) is 23.1 Å². The largest absolute Gasteiger partial charge is 0.308 e. The maximum absolute atomic E-state index is 4.33. The van der Waals surface area contributed by atoms with Crippen molar-refractivity contribution in [1.82, 2.24) is 10.3 Å². The number of nitrogens with zero attached hydrogens (tertiary/aromatic N) is 1. The summed E-state index contributed by atoms with van der Waals surface area (Å²) in [4.78, 5) is 5.59. The van der Waals surface area contributed by atoms with E-state index in [9.17, 15) is 0 Å². The molecule has 0 aliphatic heterocycles. The number of halogens is 1.